The number of hydroxylamine groups is 2. The summed E-state index contributed by atoms with van der Waals surface area (Å²) in [7, 11) is 0. The molecule has 0 aromatic heterocycles. The van der Waals surface area contributed by atoms with E-state index in [0.29, 0.717) is 12.1 Å². The van der Waals surface area contributed by atoms with Gasteiger partial charge in [0.15, 0.2) is 0 Å². The lowest BCUT2D eigenvalue weighted by atomic mass is 10.1. The summed E-state index contributed by atoms with van der Waals surface area (Å²) >= 11 is 0. The molecule has 0 bridgehead atoms. The van der Waals surface area contributed by atoms with Crippen molar-refractivity contribution >= 4 is 5.97 Å². The van der Waals surface area contributed by atoms with Crippen LogP contribution in [0.15, 0.2) is 30.3 Å². The number of benzene rings is 1. The van der Waals surface area contributed by atoms with Gasteiger partial charge in [0.05, 0.1) is 18.2 Å². The maximum absolute atomic E-state index is 11.8. The maximum atomic E-state index is 11.8. The monoisotopic (exact) mass is 235 g/mol. The van der Waals surface area contributed by atoms with Crippen LogP contribution >= 0.6 is 0 Å². The predicted molar refractivity (Wildman–Crippen MR) is 63.3 cm³/mol. The molecule has 0 amide bonds. The van der Waals surface area contributed by atoms with E-state index in [4.69, 9.17) is 4.84 Å². The second kappa shape index (κ2) is 5.80. The first-order valence-electron chi connectivity index (χ1n) is 5.96. The van der Waals surface area contributed by atoms with Gasteiger partial charge in [-0.25, -0.2) is 4.79 Å². The standard InChI is InChI=1S/C13H17NO3/c15-10-12-8-4-5-9-14(12)17-13(16)11-6-2-1-3-7-11/h1-3,6-7,12,15H,4-5,8-10H2/t12-/m0/s1. The minimum absolute atomic E-state index is 0.0298. The summed E-state index contributed by atoms with van der Waals surface area (Å²) in [6, 6.07) is 8.85. The van der Waals surface area contributed by atoms with E-state index in [1.165, 1.54) is 0 Å². The van der Waals surface area contributed by atoms with Crippen LogP contribution in [0, 0.1) is 0 Å². The zero-order valence-electron chi connectivity index (χ0n) is 9.71. The van der Waals surface area contributed by atoms with Crippen LogP contribution in [0.1, 0.15) is 29.6 Å². The first-order valence-corrected chi connectivity index (χ1v) is 5.96. The van der Waals surface area contributed by atoms with E-state index in [0.717, 1.165) is 19.3 Å². The Morgan fingerprint density at radius 3 is 2.82 bits per heavy atom. The SMILES string of the molecule is O=C(ON1CCCC[C@H]1CO)c1ccccc1. The van der Waals surface area contributed by atoms with Gasteiger partial charge in [0, 0.05) is 6.54 Å². The lowest BCUT2D eigenvalue weighted by Crippen LogP contribution is -2.43. The number of carbonyl (C=O) groups is 1. The summed E-state index contributed by atoms with van der Waals surface area (Å²) in [4.78, 5) is 17.1. The van der Waals surface area contributed by atoms with Crippen molar-refractivity contribution in [2.45, 2.75) is 25.3 Å². The Labute approximate surface area is 101 Å². The number of hydrogen-bond acceptors (Lipinski definition) is 4. The lowest BCUT2D eigenvalue weighted by Gasteiger charge is -2.32. The average Bonchev–Trinajstić information content (AvgIpc) is 2.40. The molecule has 1 atom stereocenters. The molecule has 0 saturated carbocycles. The number of aliphatic hydroxyl groups is 1. The number of carbonyl (C=O) groups excluding carboxylic acids is 1. The van der Waals surface area contributed by atoms with E-state index in [1.807, 2.05) is 6.07 Å². The van der Waals surface area contributed by atoms with Gasteiger partial charge in [-0.3, -0.25) is 0 Å². The summed E-state index contributed by atoms with van der Waals surface area (Å²) < 4.78 is 0. The zero-order chi connectivity index (χ0) is 12.1. The molecule has 0 spiro atoms. The van der Waals surface area contributed by atoms with E-state index in [9.17, 15) is 9.90 Å². The van der Waals surface area contributed by atoms with Crippen molar-refractivity contribution in [1.82, 2.24) is 5.06 Å². The summed E-state index contributed by atoms with van der Waals surface area (Å²) in [5.41, 5.74) is 0.537. The summed E-state index contributed by atoms with van der Waals surface area (Å²) in [5, 5.41) is 10.8. The highest BCUT2D eigenvalue weighted by atomic mass is 16.7. The van der Waals surface area contributed by atoms with Gasteiger partial charge in [-0.05, 0) is 25.0 Å². The van der Waals surface area contributed by atoms with Crippen LogP contribution in [-0.4, -0.2) is 35.3 Å². The third kappa shape index (κ3) is 3.05. The summed E-state index contributed by atoms with van der Waals surface area (Å²) in [6.07, 6.45) is 2.95. The van der Waals surface area contributed by atoms with Gasteiger partial charge >= 0.3 is 5.97 Å². The minimum Gasteiger partial charge on any atom is -0.395 e. The topological polar surface area (TPSA) is 49.8 Å². The van der Waals surface area contributed by atoms with Crippen LogP contribution in [0.2, 0.25) is 0 Å². The molecule has 1 fully saturated rings. The van der Waals surface area contributed by atoms with Crippen molar-refractivity contribution in [1.29, 1.82) is 0 Å². The Hall–Kier alpha value is -1.39. The first kappa shape index (κ1) is 12.1. The molecule has 1 aromatic rings. The molecule has 1 heterocycles. The molecule has 1 aliphatic rings. The maximum Gasteiger partial charge on any atom is 0.357 e. The Morgan fingerprint density at radius 2 is 2.12 bits per heavy atom. The van der Waals surface area contributed by atoms with Crippen LogP contribution in [-0.2, 0) is 4.84 Å². The quantitative estimate of drug-likeness (QED) is 0.864. The molecule has 92 valence electrons. The fourth-order valence-electron chi connectivity index (χ4n) is 2.01. The molecule has 0 radical (unpaired) electrons. The van der Waals surface area contributed by atoms with Gasteiger partial charge < -0.3 is 9.94 Å². The Morgan fingerprint density at radius 1 is 1.35 bits per heavy atom. The third-order valence-corrected chi connectivity index (χ3v) is 2.99. The van der Waals surface area contributed by atoms with Crippen LogP contribution < -0.4 is 0 Å². The van der Waals surface area contributed by atoms with Crippen LogP contribution in [0.5, 0.6) is 0 Å². The fraction of sp³-hybridized carbons (Fsp3) is 0.462. The van der Waals surface area contributed by atoms with Gasteiger partial charge in [0.2, 0.25) is 0 Å². The van der Waals surface area contributed by atoms with Crippen molar-refractivity contribution in [3.05, 3.63) is 35.9 Å². The molecule has 0 unspecified atom stereocenters. The highest BCUT2D eigenvalue weighted by molar-refractivity contribution is 5.89. The van der Waals surface area contributed by atoms with Gasteiger partial charge in [0.25, 0.3) is 0 Å². The molecule has 2 rings (SSSR count). The fourth-order valence-corrected chi connectivity index (χ4v) is 2.01. The number of nitrogens with zero attached hydrogens (tertiary/aromatic N) is 1. The average molecular weight is 235 g/mol. The largest absolute Gasteiger partial charge is 0.395 e. The molecule has 0 aliphatic carbocycles. The van der Waals surface area contributed by atoms with E-state index >= 15 is 0 Å². The third-order valence-electron chi connectivity index (χ3n) is 2.99. The van der Waals surface area contributed by atoms with Crippen LogP contribution in [0.25, 0.3) is 0 Å². The number of piperidine rings is 1. The van der Waals surface area contributed by atoms with E-state index in [2.05, 4.69) is 0 Å². The second-order valence-corrected chi connectivity index (χ2v) is 4.22. The minimum atomic E-state index is -0.356. The van der Waals surface area contributed by atoms with Crippen molar-refractivity contribution in [3.63, 3.8) is 0 Å². The molecule has 4 nitrogen and oxygen atoms in total. The summed E-state index contributed by atoms with van der Waals surface area (Å²) in [5.74, 6) is -0.356. The first-order chi connectivity index (χ1) is 8.31. The molecule has 1 aromatic carbocycles. The Kier molecular flexibility index (Phi) is 4.12. The van der Waals surface area contributed by atoms with Gasteiger partial charge in [-0.2, -0.15) is 0 Å². The zero-order valence-corrected chi connectivity index (χ0v) is 9.71. The normalized spacial score (nSPS) is 21.1. The van der Waals surface area contributed by atoms with Gasteiger partial charge in [0.1, 0.15) is 0 Å². The molecule has 17 heavy (non-hydrogen) atoms. The van der Waals surface area contributed by atoms with Gasteiger partial charge in [-0.1, -0.05) is 24.6 Å². The second-order valence-electron chi connectivity index (χ2n) is 4.22. The van der Waals surface area contributed by atoms with E-state index in [1.54, 1.807) is 29.3 Å². The highest BCUT2D eigenvalue weighted by Gasteiger charge is 2.25. The molecular formula is C13H17NO3. The van der Waals surface area contributed by atoms with Gasteiger partial charge in [-0.15, -0.1) is 5.06 Å². The van der Waals surface area contributed by atoms with Crippen molar-refractivity contribution in [2.24, 2.45) is 0 Å². The highest BCUT2D eigenvalue weighted by Crippen LogP contribution is 2.17. The van der Waals surface area contributed by atoms with Crippen molar-refractivity contribution < 1.29 is 14.7 Å². The number of aliphatic hydroxyl groups excluding tert-OH is 1. The molecule has 1 aliphatic heterocycles. The Bertz CT molecular complexity index is 366. The summed E-state index contributed by atoms with van der Waals surface area (Å²) in [6.45, 7) is 0.728. The van der Waals surface area contributed by atoms with E-state index < -0.39 is 0 Å². The molecule has 4 heteroatoms. The van der Waals surface area contributed by atoms with Crippen molar-refractivity contribution in [3.8, 4) is 0 Å². The van der Waals surface area contributed by atoms with Crippen molar-refractivity contribution in [2.75, 3.05) is 13.2 Å². The predicted octanol–water partition coefficient (Wildman–Crippen LogP) is 1.61. The smallest absolute Gasteiger partial charge is 0.357 e. The molecule has 1 saturated heterocycles. The van der Waals surface area contributed by atoms with Crippen LogP contribution in [0.3, 0.4) is 0 Å². The van der Waals surface area contributed by atoms with E-state index in [-0.39, 0.29) is 18.6 Å². The number of rotatable bonds is 3. The lowest BCUT2D eigenvalue weighted by molar-refractivity contribution is -0.159. The number of hydrogen-bond donors (Lipinski definition) is 1. The Balaban J connectivity index is 1.98. The molecular weight excluding hydrogens is 218 g/mol. The van der Waals surface area contributed by atoms with Crippen LogP contribution in [0.4, 0.5) is 0 Å². The molecule has 1 N–H and O–H groups in total.